The maximum Gasteiger partial charge on any atom is 0.138 e. The zero-order chi connectivity index (χ0) is 21.7. The number of benzene rings is 3. The standard InChI is InChI=1S/C25H26N6O/c1-30-10-12-31(13-11-30)18-5-9-21-23(15-18)29-25(27-21)17-4-8-20-22(14-17)28-24(26-20)16-2-6-19(32)7-3-16/h2-9,14-15,24,26,28,32H,10-13H2,1H3,(H,27,29). The van der Waals surface area contributed by atoms with Crippen LogP contribution in [0.25, 0.3) is 22.4 Å². The Kier molecular flexibility index (Phi) is 4.43. The summed E-state index contributed by atoms with van der Waals surface area (Å²) in [6, 6.07) is 20.1. The van der Waals surface area contributed by atoms with Gasteiger partial charge >= 0.3 is 0 Å². The number of nitrogens with one attached hydrogen (secondary N) is 3. The van der Waals surface area contributed by atoms with Crippen molar-refractivity contribution in [3.05, 3.63) is 66.2 Å². The molecule has 162 valence electrons. The van der Waals surface area contributed by atoms with Gasteiger partial charge in [0.2, 0.25) is 0 Å². The molecular formula is C25H26N6O. The summed E-state index contributed by atoms with van der Waals surface area (Å²) < 4.78 is 0. The number of likely N-dealkylation sites (N-methyl/N-ethyl adjacent to an activating group) is 1. The Balaban J connectivity index is 1.25. The number of anilines is 3. The molecule has 7 nitrogen and oxygen atoms in total. The minimum atomic E-state index is -0.0253. The molecule has 1 unspecified atom stereocenters. The maximum absolute atomic E-state index is 9.54. The second-order valence-electron chi connectivity index (χ2n) is 8.65. The first-order chi connectivity index (χ1) is 15.6. The van der Waals surface area contributed by atoms with Gasteiger partial charge < -0.3 is 30.5 Å². The molecule has 2 aliphatic heterocycles. The Morgan fingerprint density at radius 3 is 2.47 bits per heavy atom. The van der Waals surface area contributed by atoms with E-state index in [1.165, 1.54) is 5.69 Å². The summed E-state index contributed by atoms with van der Waals surface area (Å²) in [5.74, 6) is 1.14. The fourth-order valence-electron chi connectivity index (χ4n) is 4.51. The number of phenolic OH excluding ortho intramolecular Hbond substituents is 1. The molecule has 0 bridgehead atoms. The van der Waals surface area contributed by atoms with E-state index < -0.39 is 0 Å². The van der Waals surface area contributed by atoms with Crippen molar-refractivity contribution < 1.29 is 5.11 Å². The smallest absolute Gasteiger partial charge is 0.138 e. The van der Waals surface area contributed by atoms with Gasteiger partial charge in [-0.05, 0) is 61.1 Å². The Morgan fingerprint density at radius 2 is 1.66 bits per heavy atom. The highest BCUT2D eigenvalue weighted by molar-refractivity contribution is 5.85. The lowest BCUT2D eigenvalue weighted by atomic mass is 10.1. The monoisotopic (exact) mass is 426 g/mol. The molecule has 4 aromatic rings. The third-order valence-electron chi connectivity index (χ3n) is 6.45. The molecule has 2 aliphatic rings. The lowest BCUT2D eigenvalue weighted by molar-refractivity contribution is 0.313. The number of aromatic nitrogens is 2. The van der Waals surface area contributed by atoms with Crippen LogP contribution < -0.4 is 15.5 Å². The molecule has 32 heavy (non-hydrogen) atoms. The van der Waals surface area contributed by atoms with Gasteiger partial charge in [0.05, 0.1) is 22.4 Å². The zero-order valence-electron chi connectivity index (χ0n) is 18.0. The second-order valence-corrected chi connectivity index (χ2v) is 8.65. The predicted octanol–water partition coefficient (Wildman–Crippen LogP) is 4.22. The second kappa shape index (κ2) is 7.46. The number of phenols is 1. The van der Waals surface area contributed by atoms with Crippen molar-refractivity contribution in [1.82, 2.24) is 14.9 Å². The highest BCUT2D eigenvalue weighted by atomic mass is 16.3. The van der Waals surface area contributed by atoms with Crippen molar-refractivity contribution in [3.8, 4) is 17.1 Å². The molecule has 4 N–H and O–H groups in total. The minimum absolute atomic E-state index is 0.0253. The Hall–Kier alpha value is -3.71. The number of H-pyrrole nitrogens is 1. The molecule has 0 spiro atoms. The van der Waals surface area contributed by atoms with Crippen LogP contribution in [0.5, 0.6) is 5.75 Å². The molecule has 3 aromatic carbocycles. The Bertz CT molecular complexity index is 1270. The van der Waals surface area contributed by atoms with Gasteiger partial charge in [-0.2, -0.15) is 0 Å². The lowest BCUT2D eigenvalue weighted by Gasteiger charge is -2.34. The molecule has 6 rings (SSSR count). The number of nitrogens with zero attached hydrogens (tertiary/aromatic N) is 3. The number of aromatic amines is 1. The quantitative estimate of drug-likeness (QED) is 0.393. The molecule has 7 heteroatoms. The molecule has 1 fully saturated rings. The minimum Gasteiger partial charge on any atom is -0.508 e. The normalized spacial score (nSPS) is 18.4. The maximum atomic E-state index is 9.54. The molecule has 3 heterocycles. The molecule has 1 saturated heterocycles. The van der Waals surface area contributed by atoms with Crippen molar-refractivity contribution in [3.63, 3.8) is 0 Å². The number of fused-ring (bicyclic) bond motifs is 2. The van der Waals surface area contributed by atoms with Gasteiger partial charge in [-0.25, -0.2) is 4.98 Å². The highest BCUT2D eigenvalue weighted by Crippen LogP contribution is 2.38. The number of imidazole rings is 1. The molecule has 1 aromatic heterocycles. The Labute approximate surface area is 186 Å². The summed E-state index contributed by atoms with van der Waals surface area (Å²) in [7, 11) is 2.18. The number of hydrogen-bond acceptors (Lipinski definition) is 6. The van der Waals surface area contributed by atoms with E-state index in [1.54, 1.807) is 12.1 Å². The zero-order valence-corrected chi connectivity index (χ0v) is 18.0. The Morgan fingerprint density at radius 1 is 0.875 bits per heavy atom. The molecule has 0 aliphatic carbocycles. The first-order valence-corrected chi connectivity index (χ1v) is 11.0. The summed E-state index contributed by atoms with van der Waals surface area (Å²) in [6.07, 6.45) is -0.0253. The predicted molar refractivity (Wildman–Crippen MR) is 129 cm³/mol. The van der Waals surface area contributed by atoms with Gasteiger partial charge in [0.1, 0.15) is 17.7 Å². The van der Waals surface area contributed by atoms with Crippen LogP contribution in [0.2, 0.25) is 0 Å². The van der Waals surface area contributed by atoms with Crippen molar-refractivity contribution >= 4 is 28.1 Å². The van der Waals surface area contributed by atoms with E-state index in [-0.39, 0.29) is 11.9 Å². The van der Waals surface area contributed by atoms with Crippen LogP contribution in [0, 0.1) is 0 Å². The van der Waals surface area contributed by atoms with Gasteiger partial charge in [-0.1, -0.05) is 12.1 Å². The van der Waals surface area contributed by atoms with Gasteiger partial charge in [0, 0.05) is 37.4 Å². The molecule has 0 radical (unpaired) electrons. The van der Waals surface area contributed by atoms with Crippen molar-refractivity contribution in [2.45, 2.75) is 6.17 Å². The van der Waals surface area contributed by atoms with Crippen molar-refractivity contribution in [2.24, 2.45) is 0 Å². The fraction of sp³-hybridized carbons (Fsp3) is 0.240. The molecular weight excluding hydrogens is 400 g/mol. The van der Waals surface area contributed by atoms with Crippen molar-refractivity contribution in [1.29, 1.82) is 0 Å². The number of aromatic hydroxyl groups is 1. The van der Waals surface area contributed by atoms with Crippen LogP contribution in [0.4, 0.5) is 17.1 Å². The SMILES string of the molecule is CN1CCN(c2ccc3[nH]c(-c4ccc5c(c4)NC(c4ccc(O)cc4)N5)nc3c2)CC1. The van der Waals surface area contributed by atoms with E-state index in [1.807, 2.05) is 12.1 Å². The van der Waals surface area contributed by atoms with Crippen LogP contribution in [0.15, 0.2) is 60.7 Å². The topological polar surface area (TPSA) is 79.5 Å². The van der Waals surface area contributed by atoms with Gasteiger partial charge in [-0.3, -0.25) is 0 Å². The highest BCUT2D eigenvalue weighted by Gasteiger charge is 2.22. The average Bonchev–Trinajstić information content (AvgIpc) is 3.43. The summed E-state index contributed by atoms with van der Waals surface area (Å²) >= 11 is 0. The van der Waals surface area contributed by atoms with Crippen LogP contribution in [-0.2, 0) is 0 Å². The average molecular weight is 427 g/mol. The van der Waals surface area contributed by atoms with E-state index in [9.17, 15) is 5.11 Å². The first kappa shape index (κ1) is 19.0. The number of hydrogen-bond donors (Lipinski definition) is 4. The fourth-order valence-corrected chi connectivity index (χ4v) is 4.51. The van der Waals surface area contributed by atoms with E-state index in [2.05, 4.69) is 68.9 Å². The van der Waals surface area contributed by atoms with Gasteiger partial charge in [-0.15, -0.1) is 0 Å². The molecule has 0 amide bonds. The van der Waals surface area contributed by atoms with E-state index in [0.29, 0.717) is 0 Å². The first-order valence-electron chi connectivity index (χ1n) is 11.0. The van der Waals surface area contributed by atoms with E-state index in [4.69, 9.17) is 4.98 Å². The summed E-state index contributed by atoms with van der Waals surface area (Å²) in [4.78, 5) is 13.2. The van der Waals surface area contributed by atoms with Crippen molar-refractivity contribution in [2.75, 3.05) is 48.8 Å². The van der Waals surface area contributed by atoms with E-state index in [0.717, 1.165) is 65.5 Å². The largest absolute Gasteiger partial charge is 0.508 e. The molecule has 0 saturated carbocycles. The van der Waals surface area contributed by atoms with Crippen LogP contribution in [0.3, 0.4) is 0 Å². The summed E-state index contributed by atoms with van der Waals surface area (Å²) in [5.41, 5.74) is 7.48. The summed E-state index contributed by atoms with van der Waals surface area (Å²) in [6.45, 7) is 4.27. The number of rotatable bonds is 3. The molecule has 1 atom stereocenters. The van der Waals surface area contributed by atoms with Crippen LogP contribution in [-0.4, -0.2) is 53.2 Å². The summed E-state index contributed by atoms with van der Waals surface area (Å²) in [5, 5.41) is 16.6. The third kappa shape index (κ3) is 3.40. The third-order valence-corrected chi connectivity index (χ3v) is 6.45. The van der Waals surface area contributed by atoms with Gasteiger partial charge in [0.25, 0.3) is 0 Å². The van der Waals surface area contributed by atoms with Crippen LogP contribution in [0.1, 0.15) is 11.7 Å². The van der Waals surface area contributed by atoms with Gasteiger partial charge in [0.15, 0.2) is 0 Å². The van der Waals surface area contributed by atoms with E-state index >= 15 is 0 Å². The number of piperazine rings is 1. The lowest BCUT2D eigenvalue weighted by Crippen LogP contribution is -2.44. The van der Waals surface area contributed by atoms with Crippen LogP contribution >= 0.6 is 0 Å².